The van der Waals surface area contributed by atoms with Crippen molar-refractivity contribution in [2.45, 2.75) is 83.5 Å². The van der Waals surface area contributed by atoms with E-state index in [4.69, 9.17) is 4.43 Å². The van der Waals surface area contributed by atoms with Crippen LogP contribution in [0.15, 0.2) is 30.3 Å². The van der Waals surface area contributed by atoms with Crippen LogP contribution in [0.5, 0.6) is 0 Å². The van der Waals surface area contributed by atoms with E-state index in [0.717, 1.165) is 13.0 Å². The number of benzene rings is 1. The van der Waals surface area contributed by atoms with E-state index in [1.165, 1.54) is 5.56 Å². The molecule has 1 aromatic carbocycles. The molecule has 23 heavy (non-hydrogen) atoms. The van der Waals surface area contributed by atoms with Crippen molar-refractivity contribution >= 4 is 8.32 Å². The molecule has 0 bridgehead atoms. The fraction of sp³-hybridized carbons (Fsp3) is 0.700. The summed E-state index contributed by atoms with van der Waals surface area (Å²) < 4.78 is 6.64. The summed E-state index contributed by atoms with van der Waals surface area (Å²) in [5.41, 5.74) is 3.01. The summed E-state index contributed by atoms with van der Waals surface area (Å²) in [4.78, 5) is 0. The normalized spacial score (nSPS) is 15.4. The zero-order valence-electron chi connectivity index (χ0n) is 16.0. The first-order valence-corrected chi connectivity index (χ1v) is 11.2. The van der Waals surface area contributed by atoms with Crippen molar-refractivity contribution in [3.05, 3.63) is 35.9 Å². The Labute approximate surface area is 144 Å². The van der Waals surface area contributed by atoms with Crippen LogP contribution in [0.2, 0.25) is 16.6 Å². The standard InChI is InChI=1S/C20H36O2Si/c1-15(2)23(16(3)4,17(5)6)22-14-13-20(18(7)21)19-11-9-8-10-12-19/h8-12,15-18,20-21H,13-14H2,1-7H3. The molecule has 0 aliphatic rings. The highest BCUT2D eigenvalue weighted by atomic mass is 28.4. The molecule has 0 radical (unpaired) electrons. The quantitative estimate of drug-likeness (QED) is 0.583. The summed E-state index contributed by atoms with van der Waals surface area (Å²) in [5, 5.41) is 10.2. The van der Waals surface area contributed by atoms with Gasteiger partial charge in [-0.2, -0.15) is 0 Å². The lowest BCUT2D eigenvalue weighted by atomic mass is 9.91. The first kappa shape index (κ1) is 20.4. The van der Waals surface area contributed by atoms with Crippen LogP contribution in [0.3, 0.4) is 0 Å². The van der Waals surface area contributed by atoms with E-state index in [2.05, 4.69) is 53.7 Å². The average Bonchev–Trinajstić information content (AvgIpc) is 2.46. The van der Waals surface area contributed by atoms with Gasteiger partial charge in [-0.1, -0.05) is 71.9 Å². The van der Waals surface area contributed by atoms with Crippen molar-refractivity contribution in [2.75, 3.05) is 6.61 Å². The number of hydrogen-bond donors (Lipinski definition) is 1. The van der Waals surface area contributed by atoms with Gasteiger partial charge in [-0.15, -0.1) is 0 Å². The van der Waals surface area contributed by atoms with Crippen molar-refractivity contribution in [1.29, 1.82) is 0 Å². The number of hydrogen-bond acceptors (Lipinski definition) is 2. The summed E-state index contributed by atoms with van der Waals surface area (Å²) in [7, 11) is -1.81. The maximum absolute atomic E-state index is 10.2. The maximum atomic E-state index is 10.2. The molecule has 2 nitrogen and oxygen atoms in total. The molecule has 0 aliphatic heterocycles. The summed E-state index contributed by atoms with van der Waals surface area (Å²) >= 11 is 0. The highest BCUT2D eigenvalue weighted by molar-refractivity contribution is 6.77. The van der Waals surface area contributed by atoms with Gasteiger partial charge in [-0.25, -0.2) is 0 Å². The Bertz CT molecular complexity index is 418. The second kappa shape index (κ2) is 9.00. The Morgan fingerprint density at radius 2 is 1.35 bits per heavy atom. The molecule has 0 saturated heterocycles. The lowest BCUT2D eigenvalue weighted by Gasteiger charge is -2.42. The van der Waals surface area contributed by atoms with Crippen LogP contribution in [0.1, 0.15) is 66.4 Å². The lowest BCUT2D eigenvalue weighted by molar-refractivity contribution is 0.142. The van der Waals surface area contributed by atoms with Gasteiger partial charge in [0.15, 0.2) is 8.32 Å². The molecule has 132 valence electrons. The summed E-state index contributed by atoms with van der Waals surface area (Å²) in [6.45, 7) is 16.5. The largest absolute Gasteiger partial charge is 0.416 e. The van der Waals surface area contributed by atoms with Crippen molar-refractivity contribution in [3.8, 4) is 0 Å². The summed E-state index contributed by atoms with van der Waals surface area (Å²) in [5.74, 6) is 0.148. The fourth-order valence-electron chi connectivity index (χ4n) is 4.25. The lowest BCUT2D eigenvalue weighted by Crippen LogP contribution is -2.48. The van der Waals surface area contributed by atoms with Crippen LogP contribution in [0.25, 0.3) is 0 Å². The highest BCUT2D eigenvalue weighted by Gasteiger charge is 2.44. The molecular weight excluding hydrogens is 300 g/mol. The van der Waals surface area contributed by atoms with Gasteiger partial charge in [0.1, 0.15) is 0 Å². The fourth-order valence-corrected chi connectivity index (χ4v) is 9.72. The summed E-state index contributed by atoms with van der Waals surface area (Å²) in [6, 6.07) is 10.3. The molecule has 0 saturated carbocycles. The minimum atomic E-state index is -1.81. The average molecular weight is 337 g/mol. The number of aliphatic hydroxyl groups excluding tert-OH is 1. The molecule has 1 rings (SSSR count). The van der Waals surface area contributed by atoms with Crippen LogP contribution in [0, 0.1) is 0 Å². The van der Waals surface area contributed by atoms with E-state index < -0.39 is 8.32 Å². The maximum Gasteiger partial charge on any atom is 0.200 e. The Hall–Kier alpha value is -0.643. The van der Waals surface area contributed by atoms with Crippen LogP contribution in [-0.2, 0) is 4.43 Å². The Kier molecular flexibility index (Phi) is 7.98. The Morgan fingerprint density at radius 3 is 1.74 bits per heavy atom. The SMILES string of the molecule is CC(O)C(CCO[Si](C(C)C)(C(C)C)C(C)C)c1ccccc1. The van der Waals surface area contributed by atoms with Gasteiger partial charge in [0.05, 0.1) is 6.10 Å². The van der Waals surface area contributed by atoms with E-state index in [-0.39, 0.29) is 12.0 Å². The smallest absolute Gasteiger partial charge is 0.200 e. The highest BCUT2D eigenvalue weighted by Crippen LogP contribution is 2.42. The minimum absolute atomic E-state index is 0.148. The predicted octanol–water partition coefficient (Wildman–Crippen LogP) is 5.73. The Morgan fingerprint density at radius 1 is 0.870 bits per heavy atom. The van der Waals surface area contributed by atoms with E-state index in [9.17, 15) is 5.11 Å². The van der Waals surface area contributed by atoms with E-state index in [0.29, 0.717) is 16.6 Å². The van der Waals surface area contributed by atoms with Gasteiger partial charge < -0.3 is 9.53 Å². The van der Waals surface area contributed by atoms with Crippen molar-refractivity contribution < 1.29 is 9.53 Å². The molecule has 1 N–H and O–H groups in total. The molecule has 0 aromatic heterocycles. The molecule has 0 fully saturated rings. The second-order valence-corrected chi connectivity index (χ2v) is 13.2. The van der Waals surface area contributed by atoms with Crippen LogP contribution < -0.4 is 0 Å². The monoisotopic (exact) mass is 336 g/mol. The van der Waals surface area contributed by atoms with Crippen LogP contribution >= 0.6 is 0 Å². The Balaban J connectivity index is 2.82. The molecule has 1 aromatic rings. The molecule has 0 aliphatic carbocycles. The van der Waals surface area contributed by atoms with E-state index >= 15 is 0 Å². The molecule has 3 heteroatoms. The van der Waals surface area contributed by atoms with Crippen molar-refractivity contribution in [1.82, 2.24) is 0 Å². The van der Waals surface area contributed by atoms with Crippen molar-refractivity contribution in [3.63, 3.8) is 0 Å². The first-order chi connectivity index (χ1) is 10.7. The molecule has 0 heterocycles. The summed E-state index contributed by atoms with van der Waals surface area (Å²) in [6.07, 6.45) is 0.525. The van der Waals surface area contributed by atoms with Crippen LogP contribution in [-0.4, -0.2) is 26.1 Å². The third-order valence-electron chi connectivity index (χ3n) is 5.30. The molecular formula is C20H36O2Si. The molecule has 0 amide bonds. The van der Waals surface area contributed by atoms with Crippen molar-refractivity contribution in [2.24, 2.45) is 0 Å². The molecule has 2 atom stereocenters. The van der Waals surface area contributed by atoms with E-state index in [1.807, 2.05) is 25.1 Å². The number of aliphatic hydroxyl groups is 1. The topological polar surface area (TPSA) is 29.5 Å². The predicted molar refractivity (Wildman–Crippen MR) is 102 cm³/mol. The zero-order valence-corrected chi connectivity index (χ0v) is 17.0. The van der Waals surface area contributed by atoms with Gasteiger partial charge in [0.25, 0.3) is 0 Å². The van der Waals surface area contributed by atoms with Crippen LogP contribution in [0.4, 0.5) is 0 Å². The van der Waals surface area contributed by atoms with Gasteiger partial charge >= 0.3 is 0 Å². The first-order valence-electron chi connectivity index (χ1n) is 9.10. The third-order valence-corrected chi connectivity index (χ3v) is 11.4. The van der Waals surface area contributed by atoms with E-state index in [1.54, 1.807) is 0 Å². The zero-order chi connectivity index (χ0) is 17.6. The number of rotatable bonds is 9. The minimum Gasteiger partial charge on any atom is -0.416 e. The van der Waals surface area contributed by atoms with Gasteiger partial charge in [0, 0.05) is 12.5 Å². The molecule has 0 spiro atoms. The third kappa shape index (κ3) is 4.91. The van der Waals surface area contributed by atoms with Gasteiger partial charge in [-0.3, -0.25) is 0 Å². The van der Waals surface area contributed by atoms with Gasteiger partial charge in [-0.05, 0) is 35.5 Å². The van der Waals surface area contributed by atoms with Gasteiger partial charge in [0.2, 0.25) is 0 Å². The molecule has 2 unspecified atom stereocenters. The second-order valence-electron chi connectivity index (χ2n) is 7.71.